The molecule has 12 heteroatoms. The van der Waals surface area contributed by atoms with Crippen LogP contribution in [0.15, 0.2) is 59.7 Å². The number of rotatable bonds is 4. The average Bonchev–Trinajstić information content (AvgIpc) is 2.90. The first-order valence-electron chi connectivity index (χ1n) is 13.0. The minimum Gasteiger partial charge on any atom is -0.285 e. The molecule has 1 aliphatic carbocycles. The van der Waals surface area contributed by atoms with Gasteiger partial charge in [0, 0.05) is 18.0 Å². The second-order valence-electron chi connectivity index (χ2n) is 9.98. The Labute approximate surface area is 231 Å². The highest BCUT2D eigenvalue weighted by molar-refractivity contribution is 5.71. The molecule has 3 heterocycles. The molecule has 41 heavy (non-hydrogen) atoms. The van der Waals surface area contributed by atoms with E-state index in [1.54, 1.807) is 6.07 Å². The fourth-order valence-electron chi connectivity index (χ4n) is 4.91. The van der Waals surface area contributed by atoms with Crippen molar-refractivity contribution in [2.75, 3.05) is 0 Å². The SMILES string of the molecule is Cc1cccc(F)c1.O=c1c(C2CCCCC2)cc2ncc(CC(F)(F)F)nc2n1Cc1ncccc1C(F)(F)F. The second kappa shape index (κ2) is 12.4. The summed E-state index contributed by atoms with van der Waals surface area (Å²) in [5.74, 6) is -0.255. The van der Waals surface area contributed by atoms with E-state index >= 15 is 0 Å². The number of fused-ring (bicyclic) bond motifs is 1. The number of aromatic nitrogens is 4. The molecule has 4 aromatic rings. The molecule has 3 aromatic heterocycles. The lowest BCUT2D eigenvalue weighted by molar-refractivity contribution is -0.138. The molecule has 0 spiro atoms. The van der Waals surface area contributed by atoms with Crippen LogP contribution in [-0.2, 0) is 19.1 Å². The monoisotopic (exact) mass is 580 g/mol. The number of halogens is 7. The molecule has 0 aliphatic heterocycles. The third-order valence-electron chi connectivity index (χ3n) is 6.78. The summed E-state index contributed by atoms with van der Waals surface area (Å²) in [6.07, 6.45) is -4.13. The molecule has 1 saturated carbocycles. The fraction of sp³-hybridized carbons (Fsp3) is 0.379. The zero-order valence-corrected chi connectivity index (χ0v) is 22.1. The van der Waals surface area contributed by atoms with Crippen LogP contribution >= 0.6 is 0 Å². The standard InChI is InChI=1S/C22H20F6N4O.C7H7F/c23-21(24,25)10-14-11-30-17-9-15(13-5-2-1-3-6-13)20(33)32(19(17)31-14)12-18-16(22(26,27)28)7-4-8-29-18;1-6-3-2-4-7(8)5-6/h4,7-9,11,13H,1-3,5-6,10,12H2;2-5H,1H3. The van der Waals surface area contributed by atoms with Crippen LogP contribution in [0.4, 0.5) is 30.7 Å². The summed E-state index contributed by atoms with van der Waals surface area (Å²) in [6, 6.07) is 9.99. The van der Waals surface area contributed by atoms with Crippen molar-refractivity contribution >= 4 is 11.2 Å². The Morgan fingerprint density at radius 1 is 0.951 bits per heavy atom. The summed E-state index contributed by atoms with van der Waals surface area (Å²) in [5.41, 5.74) is -1.12. The van der Waals surface area contributed by atoms with E-state index in [1.165, 1.54) is 24.4 Å². The van der Waals surface area contributed by atoms with Crippen LogP contribution in [0.5, 0.6) is 0 Å². The summed E-state index contributed by atoms with van der Waals surface area (Å²) < 4.78 is 92.3. The van der Waals surface area contributed by atoms with Crippen molar-refractivity contribution in [1.29, 1.82) is 0 Å². The molecule has 0 amide bonds. The Morgan fingerprint density at radius 3 is 2.29 bits per heavy atom. The van der Waals surface area contributed by atoms with E-state index in [-0.39, 0.29) is 22.9 Å². The minimum atomic E-state index is -4.71. The van der Waals surface area contributed by atoms with Gasteiger partial charge in [0.25, 0.3) is 5.56 Å². The maximum Gasteiger partial charge on any atom is 0.418 e. The molecule has 218 valence electrons. The van der Waals surface area contributed by atoms with E-state index in [2.05, 4.69) is 15.0 Å². The van der Waals surface area contributed by atoms with Crippen LogP contribution in [0.1, 0.15) is 66.1 Å². The number of pyridine rings is 2. The largest absolute Gasteiger partial charge is 0.418 e. The molecule has 0 radical (unpaired) electrons. The normalized spacial score (nSPS) is 14.5. The van der Waals surface area contributed by atoms with Crippen LogP contribution in [0.25, 0.3) is 11.2 Å². The first-order valence-corrected chi connectivity index (χ1v) is 13.0. The van der Waals surface area contributed by atoms with Crippen molar-refractivity contribution in [3.63, 3.8) is 0 Å². The smallest absolute Gasteiger partial charge is 0.285 e. The van der Waals surface area contributed by atoms with Gasteiger partial charge < -0.3 is 0 Å². The van der Waals surface area contributed by atoms with Crippen molar-refractivity contribution in [3.05, 3.63) is 99.1 Å². The van der Waals surface area contributed by atoms with E-state index in [1.807, 2.05) is 13.0 Å². The molecule has 0 bridgehead atoms. The van der Waals surface area contributed by atoms with Crippen LogP contribution in [0.2, 0.25) is 0 Å². The van der Waals surface area contributed by atoms with Crippen molar-refractivity contribution in [2.45, 2.75) is 70.3 Å². The van der Waals surface area contributed by atoms with Gasteiger partial charge in [0.15, 0.2) is 5.65 Å². The van der Waals surface area contributed by atoms with Gasteiger partial charge in [0.05, 0.1) is 29.9 Å². The molecule has 1 aliphatic rings. The summed E-state index contributed by atoms with van der Waals surface area (Å²) in [5, 5.41) is 0. The predicted molar refractivity (Wildman–Crippen MR) is 139 cm³/mol. The summed E-state index contributed by atoms with van der Waals surface area (Å²) >= 11 is 0. The Bertz CT molecular complexity index is 1540. The van der Waals surface area contributed by atoms with E-state index in [9.17, 15) is 35.5 Å². The highest BCUT2D eigenvalue weighted by Gasteiger charge is 2.34. The van der Waals surface area contributed by atoms with E-state index in [0.29, 0.717) is 5.56 Å². The quantitative estimate of drug-likeness (QED) is 0.234. The molecular formula is C29H27F7N4O. The molecule has 5 rings (SSSR count). The Kier molecular flexibility index (Phi) is 9.08. The van der Waals surface area contributed by atoms with Gasteiger partial charge in [-0.05, 0) is 61.6 Å². The lowest BCUT2D eigenvalue weighted by Crippen LogP contribution is -2.29. The van der Waals surface area contributed by atoms with Gasteiger partial charge in [0.1, 0.15) is 11.3 Å². The number of hydrogen-bond acceptors (Lipinski definition) is 4. The maximum atomic E-state index is 13.5. The first-order chi connectivity index (χ1) is 19.3. The Hall–Kier alpha value is -3.83. The van der Waals surface area contributed by atoms with Crippen LogP contribution in [0, 0.1) is 12.7 Å². The Morgan fingerprint density at radius 2 is 1.68 bits per heavy atom. The number of nitrogens with zero attached hydrogens (tertiary/aromatic N) is 4. The van der Waals surface area contributed by atoms with Crippen molar-refractivity contribution in [1.82, 2.24) is 19.5 Å². The molecule has 0 atom stereocenters. The number of aryl methyl sites for hydroxylation is 1. The zero-order chi connectivity index (χ0) is 29.8. The zero-order valence-electron chi connectivity index (χ0n) is 22.1. The summed E-state index contributed by atoms with van der Waals surface area (Å²) in [7, 11) is 0. The predicted octanol–water partition coefficient (Wildman–Crippen LogP) is 7.54. The van der Waals surface area contributed by atoms with Crippen molar-refractivity contribution < 1.29 is 30.7 Å². The summed E-state index contributed by atoms with van der Waals surface area (Å²) in [6.45, 7) is 1.28. The van der Waals surface area contributed by atoms with Gasteiger partial charge in [-0.15, -0.1) is 0 Å². The topological polar surface area (TPSA) is 60.7 Å². The van der Waals surface area contributed by atoms with E-state index in [4.69, 9.17) is 0 Å². The van der Waals surface area contributed by atoms with Gasteiger partial charge in [0.2, 0.25) is 0 Å². The molecular weight excluding hydrogens is 553 g/mol. The van der Waals surface area contributed by atoms with E-state index < -0.39 is 47.8 Å². The summed E-state index contributed by atoms with van der Waals surface area (Å²) in [4.78, 5) is 25.3. The third-order valence-corrected chi connectivity index (χ3v) is 6.78. The minimum absolute atomic E-state index is 0.0932. The first kappa shape index (κ1) is 30.1. The molecule has 0 saturated heterocycles. The Balaban J connectivity index is 0.000000417. The van der Waals surface area contributed by atoms with Crippen molar-refractivity contribution in [2.24, 2.45) is 0 Å². The number of alkyl halides is 6. The van der Waals surface area contributed by atoms with Gasteiger partial charge in [-0.2, -0.15) is 26.3 Å². The molecule has 0 N–H and O–H groups in total. The molecule has 1 aromatic carbocycles. The second-order valence-corrected chi connectivity index (χ2v) is 9.98. The lowest BCUT2D eigenvalue weighted by atomic mass is 9.84. The lowest BCUT2D eigenvalue weighted by Gasteiger charge is -2.23. The van der Waals surface area contributed by atoms with Crippen LogP contribution in [-0.4, -0.2) is 25.7 Å². The number of hydrogen-bond donors (Lipinski definition) is 0. The molecule has 1 fully saturated rings. The average molecular weight is 581 g/mol. The van der Waals surface area contributed by atoms with Gasteiger partial charge >= 0.3 is 12.4 Å². The fourth-order valence-corrected chi connectivity index (χ4v) is 4.91. The van der Waals surface area contributed by atoms with Crippen LogP contribution in [0.3, 0.4) is 0 Å². The maximum absolute atomic E-state index is 13.5. The van der Waals surface area contributed by atoms with Gasteiger partial charge in [-0.25, -0.2) is 9.37 Å². The van der Waals surface area contributed by atoms with Gasteiger partial charge in [-0.3, -0.25) is 19.3 Å². The molecule has 0 unspecified atom stereocenters. The van der Waals surface area contributed by atoms with Gasteiger partial charge in [-0.1, -0.05) is 31.4 Å². The number of benzene rings is 1. The highest BCUT2D eigenvalue weighted by Crippen LogP contribution is 2.33. The molecule has 5 nitrogen and oxygen atoms in total. The van der Waals surface area contributed by atoms with Crippen molar-refractivity contribution in [3.8, 4) is 0 Å². The van der Waals surface area contributed by atoms with Crippen LogP contribution < -0.4 is 5.56 Å². The third kappa shape index (κ3) is 7.89. The highest BCUT2D eigenvalue weighted by atomic mass is 19.4. The van der Waals surface area contributed by atoms with E-state index in [0.717, 1.165) is 60.6 Å².